The van der Waals surface area contributed by atoms with Crippen molar-refractivity contribution in [1.29, 1.82) is 0 Å². The molecule has 0 unspecified atom stereocenters. The van der Waals surface area contributed by atoms with E-state index in [1.165, 1.54) is 0 Å². The summed E-state index contributed by atoms with van der Waals surface area (Å²) in [5.41, 5.74) is 0. The van der Waals surface area contributed by atoms with Crippen molar-refractivity contribution in [2.45, 2.75) is 34.5 Å². The minimum absolute atomic E-state index is 0. The number of hydrogen-bond donors (Lipinski definition) is 0. The van der Waals surface area contributed by atoms with Crippen molar-refractivity contribution in [3.05, 3.63) is 0 Å². The minimum atomic E-state index is -0.985. The molecule has 0 aromatic carbocycles. The van der Waals surface area contributed by atoms with Gasteiger partial charge in [-0.25, -0.2) is 0 Å². The third kappa shape index (κ3) is 16.6. The number of rotatable bonds is 5. The summed E-state index contributed by atoms with van der Waals surface area (Å²) in [4.78, 5) is 0. The second-order valence-electron chi connectivity index (χ2n) is 3.61. The first kappa shape index (κ1) is 18.0. The Labute approximate surface area is 79.3 Å². The molecule has 0 aromatic heterocycles. The van der Waals surface area contributed by atoms with Gasteiger partial charge in [-0.15, -0.1) is 0 Å². The molecule has 0 amide bonds. The van der Waals surface area contributed by atoms with Gasteiger partial charge in [-0.05, 0) is 0 Å². The van der Waals surface area contributed by atoms with E-state index in [1.54, 1.807) is 7.11 Å². The van der Waals surface area contributed by atoms with Crippen molar-refractivity contribution in [2.75, 3.05) is 26.6 Å². The summed E-state index contributed by atoms with van der Waals surface area (Å²) < 4.78 is 10.2. The smallest absolute Gasteiger partial charge is 0.0746 e. The zero-order valence-electron chi connectivity index (χ0n) is 7.44. The summed E-state index contributed by atoms with van der Waals surface area (Å²) in [5.74, 6) is 0. The summed E-state index contributed by atoms with van der Waals surface area (Å²) in [5, 5.41) is 0. The molecule has 0 aromatic rings. The predicted octanol–water partition coefficient (Wildman–Crippen LogP) is 2.80. The lowest BCUT2D eigenvalue weighted by atomic mass is 10.8. The van der Waals surface area contributed by atoms with E-state index in [2.05, 4.69) is 19.6 Å². The summed E-state index contributed by atoms with van der Waals surface area (Å²) in [6.45, 7) is 8.32. The zero-order valence-corrected chi connectivity index (χ0v) is 8.44. The van der Waals surface area contributed by atoms with Crippen LogP contribution in [0.4, 0.5) is 0 Å². The molecule has 0 rings (SSSR count). The van der Waals surface area contributed by atoms with Gasteiger partial charge in [-0.3, -0.25) is 0 Å². The quantitative estimate of drug-likeness (QED) is 0.495. The summed E-state index contributed by atoms with van der Waals surface area (Å²) in [6, 6.07) is 0. The van der Waals surface area contributed by atoms with Crippen LogP contribution in [0.1, 0.15) is 14.9 Å². The second-order valence-corrected chi connectivity index (χ2v) is 9.02. The van der Waals surface area contributed by atoms with Gasteiger partial charge in [-0.2, -0.15) is 0 Å². The van der Waals surface area contributed by atoms with Crippen molar-refractivity contribution < 1.29 is 9.47 Å². The molecule has 0 fully saturated rings. The topological polar surface area (TPSA) is 18.5 Å². The van der Waals surface area contributed by atoms with E-state index in [-0.39, 0.29) is 14.9 Å². The van der Waals surface area contributed by atoms with Crippen LogP contribution in [0.15, 0.2) is 0 Å². The Morgan fingerprint density at radius 2 is 1.50 bits per heavy atom. The molecule has 0 atom stereocenters. The average molecular weight is 194 g/mol. The Morgan fingerprint density at radius 3 is 1.83 bits per heavy atom. The molecule has 0 bridgehead atoms. The highest BCUT2D eigenvalue weighted by atomic mass is 28.3. The van der Waals surface area contributed by atoms with Crippen LogP contribution in [0.3, 0.4) is 0 Å². The molecular formula is C9H26O2Si. The van der Waals surface area contributed by atoms with E-state index in [0.29, 0.717) is 6.61 Å². The minimum Gasteiger partial charge on any atom is -0.382 e. The SMILES string of the molecule is C.C.COCCOC[Si](C)(C)C. The normalized spacial score (nSPS) is 10.0. The van der Waals surface area contributed by atoms with Gasteiger partial charge in [0.15, 0.2) is 0 Å². The van der Waals surface area contributed by atoms with Crippen LogP contribution in [0.5, 0.6) is 0 Å². The average Bonchev–Trinajstić information content (AvgIpc) is 1.78. The molecule has 0 aliphatic carbocycles. The largest absolute Gasteiger partial charge is 0.382 e. The third-order valence-electron chi connectivity index (χ3n) is 0.967. The number of methoxy groups -OCH3 is 1. The molecule has 0 spiro atoms. The van der Waals surface area contributed by atoms with E-state index in [9.17, 15) is 0 Å². The maximum absolute atomic E-state index is 5.38. The molecule has 0 saturated carbocycles. The first-order valence-electron chi connectivity index (χ1n) is 3.63. The van der Waals surface area contributed by atoms with E-state index < -0.39 is 8.07 Å². The van der Waals surface area contributed by atoms with Gasteiger partial charge in [0.2, 0.25) is 0 Å². The van der Waals surface area contributed by atoms with Gasteiger partial charge >= 0.3 is 0 Å². The van der Waals surface area contributed by atoms with Crippen LogP contribution in [0.2, 0.25) is 19.6 Å². The Hall–Kier alpha value is 0.137. The van der Waals surface area contributed by atoms with Gasteiger partial charge < -0.3 is 9.47 Å². The lowest BCUT2D eigenvalue weighted by Crippen LogP contribution is -2.28. The highest BCUT2D eigenvalue weighted by Crippen LogP contribution is 1.99. The van der Waals surface area contributed by atoms with Gasteiger partial charge in [0.1, 0.15) is 0 Å². The molecule has 3 heteroatoms. The third-order valence-corrected chi connectivity index (χ3v) is 2.04. The first-order chi connectivity index (χ1) is 4.56. The lowest BCUT2D eigenvalue weighted by molar-refractivity contribution is 0.0907. The fourth-order valence-electron chi connectivity index (χ4n) is 0.521. The highest BCUT2D eigenvalue weighted by molar-refractivity contribution is 6.76. The summed E-state index contributed by atoms with van der Waals surface area (Å²) in [6.07, 6.45) is 0.941. The Morgan fingerprint density at radius 1 is 1.00 bits per heavy atom. The van der Waals surface area contributed by atoms with E-state index in [4.69, 9.17) is 9.47 Å². The Bertz CT molecular complexity index is 79.1. The van der Waals surface area contributed by atoms with Crippen LogP contribution in [0.25, 0.3) is 0 Å². The molecule has 0 saturated heterocycles. The van der Waals surface area contributed by atoms with Crippen molar-refractivity contribution in [3.8, 4) is 0 Å². The molecule has 0 aliphatic rings. The molecule has 12 heavy (non-hydrogen) atoms. The monoisotopic (exact) mass is 194 g/mol. The molecule has 0 heterocycles. The van der Waals surface area contributed by atoms with E-state index in [1.807, 2.05) is 0 Å². The van der Waals surface area contributed by atoms with Crippen molar-refractivity contribution in [2.24, 2.45) is 0 Å². The van der Waals surface area contributed by atoms with Crippen LogP contribution >= 0.6 is 0 Å². The predicted molar refractivity (Wildman–Crippen MR) is 59.5 cm³/mol. The lowest BCUT2D eigenvalue weighted by Gasteiger charge is -2.15. The molecule has 78 valence electrons. The van der Waals surface area contributed by atoms with Crippen LogP contribution in [-0.2, 0) is 9.47 Å². The molecule has 2 nitrogen and oxygen atoms in total. The Kier molecular flexibility index (Phi) is 13.9. The van der Waals surface area contributed by atoms with E-state index >= 15 is 0 Å². The number of hydrogen-bond acceptors (Lipinski definition) is 2. The summed E-state index contributed by atoms with van der Waals surface area (Å²) >= 11 is 0. The molecular weight excluding hydrogens is 168 g/mol. The van der Waals surface area contributed by atoms with Crippen LogP contribution in [-0.4, -0.2) is 34.6 Å². The first-order valence-corrected chi connectivity index (χ1v) is 7.33. The fourth-order valence-corrected chi connectivity index (χ4v) is 1.28. The summed E-state index contributed by atoms with van der Waals surface area (Å²) in [7, 11) is 0.707. The number of ether oxygens (including phenoxy) is 2. The van der Waals surface area contributed by atoms with E-state index in [0.717, 1.165) is 12.8 Å². The molecule has 0 radical (unpaired) electrons. The Balaban J connectivity index is -0.000000405. The van der Waals surface area contributed by atoms with Gasteiger partial charge in [0.05, 0.1) is 21.3 Å². The standard InChI is InChI=1S/C7H18O2Si.2CH4/c1-8-5-6-9-7-10(2,3)4;;/h5-7H2,1-4H3;2*1H4. The zero-order chi connectivity index (χ0) is 8.04. The van der Waals surface area contributed by atoms with Gasteiger partial charge in [0, 0.05) is 13.3 Å². The van der Waals surface area contributed by atoms with Crippen molar-refractivity contribution >= 4 is 8.07 Å². The van der Waals surface area contributed by atoms with Crippen molar-refractivity contribution in [1.82, 2.24) is 0 Å². The second kappa shape index (κ2) is 9.23. The highest BCUT2D eigenvalue weighted by Gasteiger charge is 2.12. The van der Waals surface area contributed by atoms with Gasteiger partial charge in [-0.1, -0.05) is 34.5 Å². The maximum atomic E-state index is 5.38. The maximum Gasteiger partial charge on any atom is 0.0746 e. The van der Waals surface area contributed by atoms with Gasteiger partial charge in [0.25, 0.3) is 0 Å². The molecule has 0 N–H and O–H groups in total. The van der Waals surface area contributed by atoms with Crippen LogP contribution in [0, 0.1) is 0 Å². The fraction of sp³-hybridized carbons (Fsp3) is 1.00. The van der Waals surface area contributed by atoms with Crippen LogP contribution < -0.4 is 0 Å². The van der Waals surface area contributed by atoms with Crippen molar-refractivity contribution in [3.63, 3.8) is 0 Å². The molecule has 0 aliphatic heterocycles.